The number of hydrogen-bond acceptors (Lipinski definition) is 3. The highest BCUT2D eigenvalue weighted by atomic mass is 35.5. The van der Waals surface area contributed by atoms with Crippen molar-refractivity contribution in [3.8, 4) is 0 Å². The summed E-state index contributed by atoms with van der Waals surface area (Å²) in [4.78, 5) is 23.1. The number of rotatable bonds is 3. The van der Waals surface area contributed by atoms with Gasteiger partial charge in [-0.2, -0.15) is 0 Å². The maximum Gasteiger partial charge on any atom is 0.331 e. The first-order valence-corrected chi connectivity index (χ1v) is 6.70. The molecule has 0 bridgehead atoms. The third-order valence-corrected chi connectivity index (χ3v) is 3.29. The summed E-state index contributed by atoms with van der Waals surface area (Å²) < 4.78 is 5.15. The summed E-state index contributed by atoms with van der Waals surface area (Å²) >= 11 is 5.77. The first-order chi connectivity index (χ1) is 9.15. The number of ether oxygens (including phenoxy) is 1. The van der Waals surface area contributed by atoms with Gasteiger partial charge in [-0.3, -0.25) is 4.79 Å². The normalized spacial score (nSPS) is 19.6. The first kappa shape index (κ1) is 13.8. The molecule has 3 nitrogen and oxygen atoms in total. The van der Waals surface area contributed by atoms with E-state index in [0.717, 1.165) is 18.4 Å². The molecule has 0 saturated heterocycles. The van der Waals surface area contributed by atoms with Crippen molar-refractivity contribution in [2.75, 3.05) is 0 Å². The quantitative estimate of drug-likeness (QED) is 0.629. The second-order valence-electron chi connectivity index (χ2n) is 4.52. The zero-order valence-electron chi connectivity index (χ0n) is 10.5. The van der Waals surface area contributed by atoms with E-state index in [-0.39, 0.29) is 5.78 Å². The van der Waals surface area contributed by atoms with E-state index in [2.05, 4.69) is 0 Å². The van der Waals surface area contributed by atoms with Gasteiger partial charge in [-0.25, -0.2) is 4.79 Å². The number of Topliss-reactive ketones (excluding diaryl/α,β-unsaturated/α-hetero) is 1. The third kappa shape index (κ3) is 4.21. The fraction of sp³-hybridized carbons (Fsp3) is 0.333. The molecule has 1 aromatic rings. The average Bonchev–Trinajstić information content (AvgIpc) is 2.41. The molecule has 1 aromatic carbocycles. The van der Waals surface area contributed by atoms with E-state index in [0.29, 0.717) is 17.9 Å². The van der Waals surface area contributed by atoms with Crippen LogP contribution in [0.5, 0.6) is 0 Å². The van der Waals surface area contributed by atoms with Crippen LogP contribution in [0.3, 0.4) is 0 Å². The number of benzene rings is 1. The highest BCUT2D eigenvalue weighted by molar-refractivity contribution is 6.30. The van der Waals surface area contributed by atoms with Crippen molar-refractivity contribution in [1.82, 2.24) is 0 Å². The molecule has 0 radical (unpaired) electrons. The van der Waals surface area contributed by atoms with E-state index in [1.807, 2.05) is 0 Å². The number of ketones is 1. The molecule has 0 N–H and O–H groups in total. The Morgan fingerprint density at radius 3 is 2.68 bits per heavy atom. The lowest BCUT2D eigenvalue weighted by atomic mass is 9.96. The van der Waals surface area contributed by atoms with Crippen LogP contribution < -0.4 is 0 Å². The third-order valence-electron chi connectivity index (χ3n) is 3.04. The van der Waals surface area contributed by atoms with Crippen LogP contribution >= 0.6 is 11.6 Å². The largest absolute Gasteiger partial charge is 0.451 e. The Labute approximate surface area is 117 Å². The smallest absolute Gasteiger partial charge is 0.331 e. The van der Waals surface area contributed by atoms with Gasteiger partial charge in [0, 0.05) is 17.5 Å². The lowest BCUT2D eigenvalue weighted by Gasteiger charge is -2.19. The molecule has 19 heavy (non-hydrogen) atoms. The van der Waals surface area contributed by atoms with Crippen molar-refractivity contribution in [2.24, 2.45) is 0 Å². The summed E-state index contributed by atoms with van der Waals surface area (Å²) in [6.07, 6.45) is 5.41. The molecule has 4 heteroatoms. The van der Waals surface area contributed by atoms with Gasteiger partial charge in [0.2, 0.25) is 0 Å². The van der Waals surface area contributed by atoms with E-state index in [9.17, 15) is 9.59 Å². The Kier molecular flexibility index (Phi) is 4.74. The first-order valence-electron chi connectivity index (χ1n) is 6.32. The molecule has 1 aliphatic rings. The molecule has 100 valence electrons. The average molecular weight is 279 g/mol. The molecule has 1 unspecified atom stereocenters. The number of carbonyl (C=O) groups is 2. The van der Waals surface area contributed by atoms with Crippen LogP contribution in [-0.4, -0.2) is 17.9 Å². The van der Waals surface area contributed by atoms with Crippen molar-refractivity contribution in [1.29, 1.82) is 0 Å². The molecule has 1 saturated carbocycles. The van der Waals surface area contributed by atoms with Crippen LogP contribution in [0.25, 0.3) is 6.08 Å². The molecule has 2 rings (SSSR count). The monoisotopic (exact) mass is 278 g/mol. The van der Waals surface area contributed by atoms with Crippen molar-refractivity contribution in [3.63, 3.8) is 0 Å². The second kappa shape index (κ2) is 6.53. The van der Waals surface area contributed by atoms with Gasteiger partial charge in [-0.15, -0.1) is 0 Å². The van der Waals surface area contributed by atoms with Gasteiger partial charge < -0.3 is 4.74 Å². The van der Waals surface area contributed by atoms with Gasteiger partial charge >= 0.3 is 5.97 Å². The number of halogens is 1. The van der Waals surface area contributed by atoms with Gasteiger partial charge in [0.25, 0.3) is 0 Å². The van der Waals surface area contributed by atoms with Crippen molar-refractivity contribution < 1.29 is 14.3 Å². The fourth-order valence-electron chi connectivity index (χ4n) is 1.99. The van der Waals surface area contributed by atoms with Crippen LogP contribution in [0.4, 0.5) is 0 Å². The molecule has 1 fully saturated rings. The van der Waals surface area contributed by atoms with Crippen LogP contribution in [-0.2, 0) is 14.3 Å². The predicted molar refractivity (Wildman–Crippen MR) is 73.8 cm³/mol. The number of hydrogen-bond donors (Lipinski definition) is 0. The highest BCUT2D eigenvalue weighted by Gasteiger charge is 2.24. The maximum absolute atomic E-state index is 11.6. The summed E-state index contributed by atoms with van der Waals surface area (Å²) in [6.45, 7) is 0. The molecule has 0 heterocycles. The summed E-state index contributed by atoms with van der Waals surface area (Å²) in [5.74, 6) is -0.449. The van der Waals surface area contributed by atoms with Gasteiger partial charge in [0.1, 0.15) is 0 Å². The Bertz CT molecular complexity index is 491. The Balaban J connectivity index is 1.90. The molecular weight excluding hydrogens is 264 g/mol. The van der Waals surface area contributed by atoms with Gasteiger partial charge in [-0.1, -0.05) is 23.7 Å². The molecule has 1 atom stereocenters. The van der Waals surface area contributed by atoms with Crippen LogP contribution in [0.1, 0.15) is 31.2 Å². The fourth-order valence-corrected chi connectivity index (χ4v) is 2.12. The highest BCUT2D eigenvalue weighted by Crippen LogP contribution is 2.18. The Hall–Kier alpha value is -1.61. The van der Waals surface area contributed by atoms with E-state index in [1.165, 1.54) is 6.08 Å². The topological polar surface area (TPSA) is 43.4 Å². The van der Waals surface area contributed by atoms with E-state index in [1.54, 1.807) is 30.3 Å². The lowest BCUT2D eigenvalue weighted by Crippen LogP contribution is -2.29. The van der Waals surface area contributed by atoms with Crippen molar-refractivity contribution in [2.45, 2.75) is 31.8 Å². The van der Waals surface area contributed by atoms with E-state index < -0.39 is 12.1 Å². The molecule has 0 aromatic heterocycles. The van der Waals surface area contributed by atoms with Crippen molar-refractivity contribution >= 4 is 29.4 Å². The summed E-state index contributed by atoms with van der Waals surface area (Å²) in [7, 11) is 0. The predicted octanol–water partition coefficient (Wildman–Crippen LogP) is 3.41. The van der Waals surface area contributed by atoms with Gasteiger partial charge in [0.15, 0.2) is 11.9 Å². The number of esters is 1. The zero-order valence-corrected chi connectivity index (χ0v) is 11.2. The Morgan fingerprint density at radius 2 is 2.00 bits per heavy atom. The van der Waals surface area contributed by atoms with E-state index >= 15 is 0 Å². The molecule has 0 amide bonds. The standard InChI is InChI=1S/C15H15ClO3/c16-12-8-5-11(6-9-12)7-10-15(18)19-14-4-2-1-3-13(14)17/h5-10,14H,1-4H2/b10-7+. The lowest BCUT2D eigenvalue weighted by molar-refractivity contribution is -0.152. The minimum absolute atomic E-state index is 0.0273. The molecule has 0 aliphatic heterocycles. The summed E-state index contributed by atoms with van der Waals surface area (Å²) in [6, 6.07) is 7.10. The zero-order chi connectivity index (χ0) is 13.7. The summed E-state index contributed by atoms with van der Waals surface area (Å²) in [5, 5.41) is 0.646. The van der Waals surface area contributed by atoms with Crippen LogP contribution in [0.15, 0.2) is 30.3 Å². The van der Waals surface area contributed by atoms with Crippen LogP contribution in [0.2, 0.25) is 5.02 Å². The number of carbonyl (C=O) groups excluding carboxylic acids is 2. The Morgan fingerprint density at radius 1 is 1.26 bits per heavy atom. The molecule has 0 spiro atoms. The van der Waals surface area contributed by atoms with E-state index in [4.69, 9.17) is 16.3 Å². The minimum Gasteiger partial charge on any atom is -0.451 e. The second-order valence-corrected chi connectivity index (χ2v) is 4.96. The van der Waals surface area contributed by atoms with Gasteiger partial charge in [0.05, 0.1) is 0 Å². The van der Waals surface area contributed by atoms with Crippen molar-refractivity contribution in [3.05, 3.63) is 40.9 Å². The van der Waals surface area contributed by atoms with Gasteiger partial charge in [-0.05, 0) is 43.0 Å². The SMILES string of the molecule is O=C(/C=C/c1ccc(Cl)cc1)OC1CCCCC1=O. The molecular formula is C15H15ClO3. The maximum atomic E-state index is 11.6. The molecule has 1 aliphatic carbocycles. The summed E-state index contributed by atoms with van der Waals surface area (Å²) in [5.41, 5.74) is 0.858. The minimum atomic E-state index is -0.559. The van der Waals surface area contributed by atoms with Crippen LogP contribution in [0, 0.1) is 0 Å².